The number of ether oxygens (including phenoxy) is 2. The summed E-state index contributed by atoms with van der Waals surface area (Å²) in [5.74, 6) is 0. The van der Waals surface area contributed by atoms with E-state index in [2.05, 4.69) is 50.0 Å². The average Bonchev–Trinajstić information content (AvgIpc) is 3.17. The molecule has 1 aliphatic heterocycles. The predicted molar refractivity (Wildman–Crippen MR) is 140 cm³/mol. The van der Waals surface area contributed by atoms with E-state index in [1.54, 1.807) is 6.92 Å². The van der Waals surface area contributed by atoms with Crippen LogP contribution in [0.4, 0.5) is 0 Å². The lowest BCUT2D eigenvalue weighted by molar-refractivity contribution is -0.0611. The highest BCUT2D eigenvalue weighted by atomic mass is 28.4. The minimum absolute atomic E-state index is 0.0991. The second-order valence-electron chi connectivity index (χ2n) is 10.2. The molecule has 1 aromatic heterocycles. The molecular formula is C27H34N2O6Si. The highest BCUT2D eigenvalue weighted by molar-refractivity contribution is 6.99. The van der Waals surface area contributed by atoms with Crippen LogP contribution in [0.1, 0.15) is 32.6 Å². The van der Waals surface area contributed by atoms with Crippen LogP contribution in [0.25, 0.3) is 0 Å². The Bertz CT molecular complexity index is 1250. The number of benzene rings is 2. The maximum Gasteiger partial charge on any atom is 0.330 e. The molecule has 2 N–H and O–H groups in total. The van der Waals surface area contributed by atoms with Crippen molar-refractivity contribution < 1.29 is 19.0 Å². The molecular weight excluding hydrogens is 476 g/mol. The van der Waals surface area contributed by atoms with Crippen LogP contribution < -0.4 is 21.6 Å². The molecule has 0 aliphatic carbocycles. The molecule has 9 heteroatoms. The number of methoxy groups -OCH3 is 1. The van der Waals surface area contributed by atoms with Crippen LogP contribution >= 0.6 is 0 Å². The minimum atomic E-state index is -2.86. The molecule has 0 bridgehead atoms. The van der Waals surface area contributed by atoms with Crippen LogP contribution in [-0.2, 0) is 13.9 Å². The van der Waals surface area contributed by atoms with Gasteiger partial charge in [-0.2, -0.15) is 0 Å². The summed E-state index contributed by atoms with van der Waals surface area (Å²) in [5.41, 5.74) is -0.733. The first-order valence-electron chi connectivity index (χ1n) is 12.0. The molecule has 3 aromatic rings. The molecule has 0 unspecified atom stereocenters. The summed E-state index contributed by atoms with van der Waals surface area (Å²) in [6.07, 6.45) is -2.10. The standard InChI is InChI=1S/C27H34N2O6Si/c1-18-16-29(26(32)28-24(18)31)25-23(33-5)22(30)21(35-25)17-34-36(27(2,3)4,19-12-8-6-9-13-19)20-14-10-7-11-15-20/h6-16,21-23,25,30H,17H2,1-5H3,(H,28,31,32)/t21-,22-,23-,25-/m1/s1. The Labute approximate surface area is 211 Å². The number of aromatic amines is 1. The summed E-state index contributed by atoms with van der Waals surface area (Å²) in [4.78, 5) is 26.7. The minimum Gasteiger partial charge on any atom is -0.405 e. The van der Waals surface area contributed by atoms with Gasteiger partial charge < -0.3 is 19.0 Å². The van der Waals surface area contributed by atoms with Crippen molar-refractivity contribution in [2.75, 3.05) is 13.7 Å². The third-order valence-corrected chi connectivity index (χ3v) is 11.9. The number of aliphatic hydroxyl groups excluding tert-OH is 1. The van der Waals surface area contributed by atoms with Crippen molar-refractivity contribution in [1.82, 2.24) is 9.55 Å². The Balaban J connectivity index is 1.71. The van der Waals surface area contributed by atoms with E-state index >= 15 is 0 Å². The van der Waals surface area contributed by atoms with Gasteiger partial charge in [-0.15, -0.1) is 0 Å². The number of nitrogens with one attached hydrogen (secondary N) is 1. The second kappa shape index (κ2) is 10.3. The lowest BCUT2D eigenvalue weighted by Gasteiger charge is -2.43. The lowest BCUT2D eigenvalue weighted by atomic mass is 10.1. The van der Waals surface area contributed by atoms with Gasteiger partial charge in [-0.05, 0) is 22.3 Å². The first kappa shape index (κ1) is 26.2. The van der Waals surface area contributed by atoms with Gasteiger partial charge >= 0.3 is 5.69 Å². The van der Waals surface area contributed by atoms with Crippen molar-refractivity contribution in [2.45, 2.75) is 57.3 Å². The smallest absolute Gasteiger partial charge is 0.330 e. The van der Waals surface area contributed by atoms with Crippen molar-refractivity contribution in [1.29, 1.82) is 0 Å². The van der Waals surface area contributed by atoms with E-state index in [4.69, 9.17) is 13.9 Å². The normalized spacial score (nSPS) is 22.6. The number of nitrogens with zero attached hydrogens (tertiary/aromatic N) is 1. The molecule has 4 atom stereocenters. The van der Waals surface area contributed by atoms with E-state index in [1.165, 1.54) is 17.9 Å². The molecule has 192 valence electrons. The molecule has 2 heterocycles. The Morgan fingerprint density at radius 2 is 1.58 bits per heavy atom. The second-order valence-corrected chi connectivity index (χ2v) is 14.5. The number of aliphatic hydroxyl groups is 1. The van der Waals surface area contributed by atoms with E-state index in [-0.39, 0.29) is 11.6 Å². The van der Waals surface area contributed by atoms with Gasteiger partial charge in [0.15, 0.2) is 6.23 Å². The van der Waals surface area contributed by atoms with Gasteiger partial charge in [-0.1, -0.05) is 81.4 Å². The van der Waals surface area contributed by atoms with E-state index < -0.39 is 44.1 Å². The highest BCUT2D eigenvalue weighted by Crippen LogP contribution is 2.38. The molecule has 2 aromatic carbocycles. The summed E-state index contributed by atoms with van der Waals surface area (Å²) in [5, 5.41) is 13.1. The fraction of sp³-hybridized carbons (Fsp3) is 0.407. The first-order chi connectivity index (χ1) is 17.1. The Morgan fingerprint density at radius 1 is 1.03 bits per heavy atom. The zero-order valence-electron chi connectivity index (χ0n) is 21.3. The fourth-order valence-electron chi connectivity index (χ4n) is 5.08. The summed E-state index contributed by atoms with van der Waals surface area (Å²) in [6.45, 7) is 8.23. The first-order valence-corrected chi connectivity index (χ1v) is 13.9. The molecule has 8 nitrogen and oxygen atoms in total. The van der Waals surface area contributed by atoms with Gasteiger partial charge in [-0.25, -0.2) is 4.79 Å². The van der Waals surface area contributed by atoms with E-state index in [0.29, 0.717) is 5.56 Å². The van der Waals surface area contributed by atoms with Crippen LogP contribution in [0.3, 0.4) is 0 Å². The van der Waals surface area contributed by atoms with Crippen molar-refractivity contribution in [3.05, 3.63) is 93.3 Å². The zero-order valence-corrected chi connectivity index (χ0v) is 22.3. The molecule has 1 saturated heterocycles. The number of rotatable bonds is 7. The van der Waals surface area contributed by atoms with Gasteiger partial charge in [0.25, 0.3) is 13.9 Å². The molecule has 1 fully saturated rings. The molecule has 1 aliphatic rings. The number of hydrogen-bond donors (Lipinski definition) is 2. The van der Waals surface area contributed by atoms with E-state index in [9.17, 15) is 14.7 Å². The Morgan fingerprint density at radius 3 is 2.08 bits per heavy atom. The molecule has 0 amide bonds. The monoisotopic (exact) mass is 510 g/mol. The van der Waals surface area contributed by atoms with Gasteiger partial charge in [0.2, 0.25) is 0 Å². The van der Waals surface area contributed by atoms with Gasteiger partial charge in [-0.3, -0.25) is 14.3 Å². The maximum absolute atomic E-state index is 12.5. The molecule has 0 saturated carbocycles. The summed E-state index contributed by atoms with van der Waals surface area (Å²) >= 11 is 0. The predicted octanol–water partition coefficient (Wildman–Crippen LogP) is 1.69. The maximum atomic E-state index is 12.5. The van der Waals surface area contributed by atoms with Crippen molar-refractivity contribution in [3.8, 4) is 0 Å². The Kier molecular flexibility index (Phi) is 7.49. The fourth-order valence-corrected chi connectivity index (χ4v) is 9.65. The van der Waals surface area contributed by atoms with E-state index in [1.807, 2.05) is 36.4 Å². The number of H-pyrrole nitrogens is 1. The Hall–Kier alpha value is -2.82. The lowest BCUT2D eigenvalue weighted by Crippen LogP contribution is -2.67. The molecule has 0 spiro atoms. The van der Waals surface area contributed by atoms with Gasteiger partial charge in [0.1, 0.15) is 18.3 Å². The average molecular weight is 511 g/mol. The zero-order chi connectivity index (χ0) is 26.1. The van der Waals surface area contributed by atoms with Crippen molar-refractivity contribution in [3.63, 3.8) is 0 Å². The number of aryl methyl sites for hydroxylation is 1. The summed E-state index contributed by atoms with van der Waals surface area (Å²) in [6, 6.07) is 20.4. The number of hydrogen-bond acceptors (Lipinski definition) is 6. The summed E-state index contributed by atoms with van der Waals surface area (Å²) < 4.78 is 19.9. The van der Waals surface area contributed by atoms with Crippen LogP contribution in [0.2, 0.25) is 5.04 Å². The largest absolute Gasteiger partial charge is 0.405 e. The summed E-state index contributed by atoms with van der Waals surface area (Å²) in [7, 11) is -1.40. The SMILES string of the molecule is CO[C@@H]1[C@H](O)[C@@H](CO[Si](c2ccccc2)(c2ccccc2)C(C)(C)C)O[C@H]1n1cc(C)c(=O)[nH]c1=O. The quantitative estimate of drug-likeness (QED) is 0.469. The van der Waals surface area contributed by atoms with Crippen LogP contribution in [-0.4, -0.2) is 55.0 Å². The van der Waals surface area contributed by atoms with E-state index in [0.717, 1.165) is 10.4 Å². The third-order valence-electron chi connectivity index (χ3n) is 6.89. The highest BCUT2D eigenvalue weighted by Gasteiger charge is 2.52. The topological polar surface area (TPSA) is 103 Å². The molecule has 4 rings (SSSR count). The number of aromatic nitrogens is 2. The van der Waals surface area contributed by atoms with Gasteiger partial charge in [0.05, 0.1) is 6.61 Å². The van der Waals surface area contributed by atoms with Crippen LogP contribution in [0.5, 0.6) is 0 Å². The van der Waals surface area contributed by atoms with Crippen molar-refractivity contribution >= 4 is 18.7 Å². The third kappa shape index (κ3) is 4.65. The van der Waals surface area contributed by atoms with Crippen LogP contribution in [0, 0.1) is 6.92 Å². The molecule has 36 heavy (non-hydrogen) atoms. The van der Waals surface area contributed by atoms with Crippen LogP contribution in [0.15, 0.2) is 76.4 Å². The molecule has 0 radical (unpaired) electrons. The van der Waals surface area contributed by atoms with Crippen molar-refractivity contribution in [2.24, 2.45) is 0 Å². The van der Waals surface area contributed by atoms with Gasteiger partial charge in [0, 0.05) is 18.9 Å².